The third-order valence-corrected chi connectivity index (χ3v) is 9.81. The number of Topliss-reactive ketones (excluding diaryl/α,β-unsaturated/α-hetero) is 1. The quantitative estimate of drug-likeness (QED) is 0.738. The Balaban J connectivity index is 1.39. The normalized spacial score (nSPS) is 44.8. The van der Waals surface area contributed by atoms with Gasteiger partial charge in [-0.3, -0.25) is 9.48 Å². The van der Waals surface area contributed by atoms with Crippen molar-refractivity contribution in [2.75, 3.05) is 0 Å². The summed E-state index contributed by atoms with van der Waals surface area (Å²) in [6.07, 6.45) is 6.83. The molecule has 2 unspecified atom stereocenters. The van der Waals surface area contributed by atoms with Crippen molar-refractivity contribution in [1.82, 2.24) is 9.78 Å². The van der Waals surface area contributed by atoms with Gasteiger partial charge in [-0.15, -0.1) is 0 Å². The number of hydrogen-bond acceptors (Lipinski definition) is 4. The molecule has 0 bridgehead atoms. The number of nitriles is 1. The summed E-state index contributed by atoms with van der Waals surface area (Å²) in [5.74, 6) is -3.04. The van der Waals surface area contributed by atoms with Gasteiger partial charge in [0.25, 0.3) is 5.92 Å². The zero-order chi connectivity index (χ0) is 22.9. The van der Waals surface area contributed by atoms with E-state index in [0.29, 0.717) is 25.2 Å². The molecule has 32 heavy (non-hydrogen) atoms. The van der Waals surface area contributed by atoms with E-state index < -0.39 is 22.9 Å². The molecule has 5 nitrogen and oxygen atoms in total. The predicted octanol–water partition coefficient (Wildman–Crippen LogP) is 4.59. The van der Waals surface area contributed by atoms with Crippen LogP contribution in [0.2, 0.25) is 0 Å². The highest BCUT2D eigenvalue weighted by Gasteiger charge is 2.70. The van der Waals surface area contributed by atoms with Gasteiger partial charge in [-0.1, -0.05) is 6.92 Å². The number of fused-ring (bicyclic) bond motifs is 5. The second kappa shape index (κ2) is 7.35. The molecule has 4 fully saturated rings. The fraction of sp³-hybridized carbons (Fsp3) is 0.800. The molecule has 0 aromatic carbocycles. The lowest BCUT2D eigenvalue weighted by Crippen LogP contribution is -2.59. The molecule has 1 aromatic rings. The smallest absolute Gasteiger partial charge is 0.254 e. The van der Waals surface area contributed by atoms with Gasteiger partial charge in [0.1, 0.15) is 6.07 Å². The number of alkyl halides is 2. The summed E-state index contributed by atoms with van der Waals surface area (Å²) >= 11 is 0. The van der Waals surface area contributed by atoms with E-state index in [1.54, 1.807) is 13.1 Å². The lowest BCUT2D eigenvalue weighted by Gasteiger charge is -2.59. The van der Waals surface area contributed by atoms with Crippen LogP contribution < -0.4 is 0 Å². The SMILES string of the molecule is C[C@@]1(O)CCC2C(CC[C@@H]3[C@@H]2CC(F)(F)[C@]2(C)[C@@H](C(=O)Cn4ccc(C#N)n4)CC[C@@H]32)C1. The number of rotatable bonds is 3. The first-order valence-corrected chi connectivity index (χ1v) is 12.1. The molecule has 1 heterocycles. The Morgan fingerprint density at radius 2 is 1.97 bits per heavy atom. The highest BCUT2D eigenvalue weighted by molar-refractivity contribution is 5.82. The van der Waals surface area contributed by atoms with Crippen LogP contribution in [-0.2, 0) is 11.3 Å². The lowest BCUT2D eigenvalue weighted by molar-refractivity contribution is -0.228. The second-order valence-corrected chi connectivity index (χ2v) is 11.5. The van der Waals surface area contributed by atoms with Crippen molar-refractivity contribution in [2.24, 2.45) is 40.9 Å². The number of hydrogen-bond donors (Lipinski definition) is 1. The topological polar surface area (TPSA) is 78.9 Å². The van der Waals surface area contributed by atoms with E-state index in [0.717, 1.165) is 25.7 Å². The van der Waals surface area contributed by atoms with Gasteiger partial charge in [0.15, 0.2) is 11.5 Å². The van der Waals surface area contributed by atoms with E-state index in [2.05, 4.69) is 5.10 Å². The maximum atomic E-state index is 16.0. The summed E-state index contributed by atoms with van der Waals surface area (Å²) in [4.78, 5) is 13.2. The molecule has 4 aliphatic carbocycles. The molecule has 0 spiro atoms. The van der Waals surface area contributed by atoms with Crippen molar-refractivity contribution in [3.05, 3.63) is 18.0 Å². The van der Waals surface area contributed by atoms with Gasteiger partial charge < -0.3 is 5.11 Å². The Morgan fingerprint density at radius 1 is 1.19 bits per heavy atom. The molecule has 7 heteroatoms. The Labute approximate surface area is 188 Å². The minimum absolute atomic E-state index is 0.00363. The lowest BCUT2D eigenvalue weighted by atomic mass is 9.47. The number of nitrogens with zero attached hydrogens (tertiary/aromatic N) is 3. The van der Waals surface area contributed by atoms with E-state index in [1.807, 2.05) is 13.0 Å². The molecule has 1 aromatic heterocycles. The average Bonchev–Trinajstić information content (AvgIpc) is 3.32. The Bertz CT molecular complexity index is 951. The van der Waals surface area contributed by atoms with E-state index in [9.17, 15) is 9.90 Å². The van der Waals surface area contributed by atoms with E-state index in [1.165, 1.54) is 10.7 Å². The summed E-state index contributed by atoms with van der Waals surface area (Å²) < 4.78 is 33.3. The zero-order valence-electron chi connectivity index (χ0n) is 18.9. The molecule has 0 radical (unpaired) electrons. The molecule has 5 rings (SSSR count). The van der Waals surface area contributed by atoms with Gasteiger partial charge in [-0.25, -0.2) is 8.78 Å². The summed E-state index contributed by atoms with van der Waals surface area (Å²) in [6, 6.07) is 3.47. The zero-order valence-corrected chi connectivity index (χ0v) is 18.9. The fourth-order valence-electron chi connectivity index (χ4n) is 8.33. The number of ketones is 1. The Kier molecular flexibility index (Phi) is 5.05. The van der Waals surface area contributed by atoms with Crippen LogP contribution in [0.4, 0.5) is 8.78 Å². The standard InChI is InChI=1S/C25H33F2N3O2/c1-23(32)9-7-17-15(11-23)3-4-18-19(17)12-25(26,27)24(2)20(18)5-6-21(24)22(31)14-30-10-8-16(13-28)29-30/h8,10,15,17-21,32H,3-7,9,11-12,14H2,1-2H3/t15?,17?,18-,19-,20+,21-,23-,24+/m1/s1. The van der Waals surface area contributed by atoms with Crippen molar-refractivity contribution in [2.45, 2.75) is 83.3 Å². The second-order valence-electron chi connectivity index (χ2n) is 11.5. The van der Waals surface area contributed by atoms with Crippen molar-refractivity contribution in [3.8, 4) is 6.07 Å². The minimum Gasteiger partial charge on any atom is -0.390 e. The van der Waals surface area contributed by atoms with Gasteiger partial charge in [0, 0.05) is 24.0 Å². The molecule has 174 valence electrons. The van der Waals surface area contributed by atoms with E-state index in [4.69, 9.17) is 5.26 Å². The molecule has 0 aliphatic heterocycles. The van der Waals surface area contributed by atoms with Crippen LogP contribution in [0.1, 0.15) is 70.9 Å². The largest absolute Gasteiger partial charge is 0.390 e. The van der Waals surface area contributed by atoms with Crippen LogP contribution in [0, 0.1) is 52.3 Å². The first-order valence-electron chi connectivity index (χ1n) is 12.1. The van der Waals surface area contributed by atoms with E-state index >= 15 is 8.78 Å². The maximum absolute atomic E-state index is 16.0. The maximum Gasteiger partial charge on any atom is 0.254 e. The number of aromatic nitrogens is 2. The molecular weight excluding hydrogens is 412 g/mol. The Hall–Kier alpha value is -1.81. The first kappa shape index (κ1) is 22.0. The van der Waals surface area contributed by atoms with Crippen LogP contribution in [0.5, 0.6) is 0 Å². The average molecular weight is 446 g/mol. The molecule has 4 saturated carbocycles. The van der Waals surface area contributed by atoms with Crippen molar-refractivity contribution in [3.63, 3.8) is 0 Å². The van der Waals surface area contributed by atoms with Gasteiger partial charge >= 0.3 is 0 Å². The number of carbonyl (C=O) groups excluding carboxylic acids is 1. The van der Waals surface area contributed by atoms with Crippen LogP contribution >= 0.6 is 0 Å². The number of halogens is 2. The van der Waals surface area contributed by atoms with Crippen molar-refractivity contribution < 1.29 is 18.7 Å². The summed E-state index contributed by atoms with van der Waals surface area (Å²) in [6.45, 7) is 3.50. The third-order valence-electron chi connectivity index (χ3n) is 9.81. The predicted molar refractivity (Wildman–Crippen MR) is 114 cm³/mol. The fourth-order valence-corrected chi connectivity index (χ4v) is 8.33. The summed E-state index contributed by atoms with van der Waals surface area (Å²) in [7, 11) is 0. The van der Waals surface area contributed by atoms with Gasteiger partial charge in [0.05, 0.1) is 12.1 Å². The highest BCUT2D eigenvalue weighted by atomic mass is 19.3. The highest BCUT2D eigenvalue weighted by Crippen LogP contribution is 2.69. The van der Waals surface area contributed by atoms with Gasteiger partial charge in [-0.2, -0.15) is 10.4 Å². The van der Waals surface area contributed by atoms with Crippen LogP contribution in [-0.4, -0.2) is 32.2 Å². The minimum atomic E-state index is -2.89. The Morgan fingerprint density at radius 3 is 2.69 bits per heavy atom. The monoisotopic (exact) mass is 445 g/mol. The molecule has 0 amide bonds. The summed E-state index contributed by atoms with van der Waals surface area (Å²) in [5, 5.41) is 23.5. The molecule has 4 aliphatic rings. The van der Waals surface area contributed by atoms with Gasteiger partial charge in [-0.05, 0) is 87.5 Å². The molecular formula is C25H33F2N3O2. The molecule has 1 N–H and O–H groups in total. The van der Waals surface area contributed by atoms with Crippen LogP contribution in [0.15, 0.2) is 12.3 Å². The van der Waals surface area contributed by atoms with E-state index in [-0.39, 0.29) is 48.1 Å². The molecule has 8 atom stereocenters. The van der Waals surface area contributed by atoms with Crippen LogP contribution in [0.3, 0.4) is 0 Å². The molecule has 0 saturated heterocycles. The number of aliphatic hydroxyl groups is 1. The number of carbonyl (C=O) groups is 1. The van der Waals surface area contributed by atoms with Gasteiger partial charge in [0.2, 0.25) is 0 Å². The summed E-state index contributed by atoms with van der Waals surface area (Å²) in [5.41, 5.74) is -1.76. The van der Waals surface area contributed by atoms with Crippen molar-refractivity contribution in [1.29, 1.82) is 5.26 Å². The third kappa shape index (κ3) is 3.24. The van der Waals surface area contributed by atoms with Crippen LogP contribution in [0.25, 0.3) is 0 Å². The first-order chi connectivity index (χ1) is 15.1. The van der Waals surface area contributed by atoms with Crippen molar-refractivity contribution >= 4 is 5.78 Å².